The van der Waals surface area contributed by atoms with Crippen molar-refractivity contribution >= 4 is 22.6 Å². The molecule has 1 N–H and O–H groups in total. The molecule has 1 unspecified atom stereocenters. The first-order chi connectivity index (χ1) is 16.2. The summed E-state index contributed by atoms with van der Waals surface area (Å²) in [6.07, 6.45) is 2.50. The van der Waals surface area contributed by atoms with Gasteiger partial charge in [-0.05, 0) is 37.1 Å². The fourth-order valence-electron chi connectivity index (χ4n) is 4.60. The Bertz CT molecular complexity index is 1210. The van der Waals surface area contributed by atoms with Gasteiger partial charge in [-0.1, -0.05) is 0 Å². The summed E-state index contributed by atoms with van der Waals surface area (Å²) < 4.78 is 33.5. The summed E-state index contributed by atoms with van der Waals surface area (Å²) >= 11 is 0. The van der Waals surface area contributed by atoms with Crippen LogP contribution in [0.15, 0.2) is 29.2 Å². The normalized spacial score (nSPS) is 20.5. The lowest BCUT2D eigenvalue weighted by atomic mass is 10.1. The molecule has 2 aromatic heterocycles. The maximum absolute atomic E-state index is 13.3. The zero-order valence-electron chi connectivity index (χ0n) is 18.0. The van der Waals surface area contributed by atoms with E-state index in [1.165, 1.54) is 12.1 Å². The van der Waals surface area contributed by atoms with Crippen molar-refractivity contribution in [3.8, 4) is 11.4 Å². The second kappa shape index (κ2) is 8.45. The predicted octanol–water partition coefficient (Wildman–Crippen LogP) is 2.15. The van der Waals surface area contributed by atoms with Crippen LogP contribution >= 0.6 is 0 Å². The summed E-state index contributed by atoms with van der Waals surface area (Å²) in [4.78, 5) is 12.5. The van der Waals surface area contributed by atoms with E-state index in [0.717, 1.165) is 53.9 Å². The molecule has 0 radical (unpaired) electrons. The molecule has 3 aromatic rings. The van der Waals surface area contributed by atoms with Crippen LogP contribution in [0.4, 0.5) is 16.2 Å². The second-order valence-electron chi connectivity index (χ2n) is 8.50. The number of benzene rings is 1. The Hall–Kier alpha value is -2.92. The van der Waals surface area contributed by atoms with E-state index in [4.69, 9.17) is 14.7 Å². The lowest BCUT2D eigenvalue weighted by Crippen LogP contribution is -2.36. The van der Waals surface area contributed by atoms with E-state index in [9.17, 15) is 8.60 Å². The van der Waals surface area contributed by atoms with E-state index in [1.807, 2.05) is 0 Å². The molecule has 0 bridgehead atoms. The molecule has 3 aliphatic heterocycles. The average molecular weight is 470 g/mol. The Kier molecular flexibility index (Phi) is 5.30. The topological polar surface area (TPSA) is 98.1 Å². The lowest BCUT2D eigenvalue weighted by molar-refractivity contribution is 0.0903. The van der Waals surface area contributed by atoms with Gasteiger partial charge in [0.2, 0.25) is 5.95 Å². The number of aromatic nitrogens is 5. The second-order valence-corrected chi connectivity index (χ2v) is 10.0. The number of hydrogen-bond acceptors (Lipinski definition) is 8. The van der Waals surface area contributed by atoms with Gasteiger partial charge in [-0.3, -0.25) is 4.21 Å². The molecule has 1 aromatic carbocycles. The molecule has 0 amide bonds. The first kappa shape index (κ1) is 20.7. The van der Waals surface area contributed by atoms with E-state index in [1.54, 1.807) is 12.1 Å². The van der Waals surface area contributed by atoms with Crippen molar-refractivity contribution in [1.29, 1.82) is 0 Å². The Morgan fingerprint density at radius 1 is 1.09 bits per heavy atom. The third kappa shape index (κ3) is 3.89. The number of aryl methyl sites for hydroxylation is 1. The highest BCUT2D eigenvalue weighted by molar-refractivity contribution is 7.85. The minimum atomic E-state index is -1.07. The standard InChI is InChI=1S/C22H24FN7O2S/c23-15-3-1-14(2-4-15)21-28-27-18-13-29(8-9-30(18)21)22-25-17-7-12-33(31)19(17)20(26-22)24-16-5-10-32-11-6-16/h1-4,16H,5-13H2,(H,24,25,26). The number of fused-ring (bicyclic) bond motifs is 2. The summed E-state index contributed by atoms with van der Waals surface area (Å²) in [6.45, 7) is 3.33. The molecule has 0 aliphatic carbocycles. The fourth-order valence-corrected chi connectivity index (χ4v) is 5.91. The highest BCUT2D eigenvalue weighted by atomic mass is 32.2. The molecule has 11 heteroatoms. The predicted molar refractivity (Wildman–Crippen MR) is 121 cm³/mol. The molecule has 9 nitrogen and oxygen atoms in total. The number of anilines is 2. The summed E-state index contributed by atoms with van der Waals surface area (Å²) in [7, 11) is -1.07. The molecule has 172 valence electrons. The zero-order chi connectivity index (χ0) is 22.4. The summed E-state index contributed by atoms with van der Waals surface area (Å²) in [6, 6.07) is 6.56. The van der Waals surface area contributed by atoms with Crippen LogP contribution in [0.2, 0.25) is 0 Å². The molecular weight excluding hydrogens is 445 g/mol. The van der Waals surface area contributed by atoms with E-state index >= 15 is 0 Å². The van der Waals surface area contributed by atoms with Crippen LogP contribution in [0.25, 0.3) is 11.4 Å². The van der Waals surface area contributed by atoms with Gasteiger partial charge in [-0.25, -0.2) is 9.37 Å². The SMILES string of the molecule is O=S1CCc2nc(N3CCn4c(nnc4-c4ccc(F)cc4)C3)nc(NC3CCOCC3)c21. The third-order valence-corrected chi connectivity index (χ3v) is 7.84. The number of hydrogen-bond donors (Lipinski definition) is 1. The number of rotatable bonds is 4. The monoisotopic (exact) mass is 469 g/mol. The van der Waals surface area contributed by atoms with Gasteiger partial charge >= 0.3 is 0 Å². The van der Waals surface area contributed by atoms with Crippen molar-refractivity contribution in [2.75, 3.05) is 35.7 Å². The average Bonchev–Trinajstić information content (AvgIpc) is 3.43. The quantitative estimate of drug-likeness (QED) is 0.621. The van der Waals surface area contributed by atoms with E-state index < -0.39 is 10.8 Å². The third-order valence-electron chi connectivity index (χ3n) is 6.38. The number of nitrogens with one attached hydrogen (secondary N) is 1. The molecule has 33 heavy (non-hydrogen) atoms. The molecule has 5 heterocycles. The molecule has 1 saturated heterocycles. The minimum Gasteiger partial charge on any atom is -0.381 e. The van der Waals surface area contributed by atoms with Gasteiger partial charge in [0.05, 0.1) is 23.0 Å². The maximum atomic E-state index is 13.3. The van der Waals surface area contributed by atoms with Crippen molar-refractivity contribution in [2.45, 2.75) is 43.3 Å². The molecular formula is C22H24FN7O2S. The van der Waals surface area contributed by atoms with Gasteiger partial charge in [0.15, 0.2) is 11.6 Å². The van der Waals surface area contributed by atoms with Crippen molar-refractivity contribution < 1.29 is 13.3 Å². The summed E-state index contributed by atoms with van der Waals surface area (Å²) in [5.74, 6) is 3.18. The Morgan fingerprint density at radius 3 is 2.73 bits per heavy atom. The van der Waals surface area contributed by atoms with Gasteiger partial charge < -0.3 is 19.5 Å². The lowest BCUT2D eigenvalue weighted by Gasteiger charge is -2.29. The van der Waals surface area contributed by atoms with Gasteiger partial charge in [0, 0.05) is 50.1 Å². The van der Waals surface area contributed by atoms with E-state index in [2.05, 4.69) is 25.0 Å². The van der Waals surface area contributed by atoms with Crippen LogP contribution < -0.4 is 10.2 Å². The Morgan fingerprint density at radius 2 is 1.91 bits per heavy atom. The van der Waals surface area contributed by atoms with Crippen molar-refractivity contribution in [1.82, 2.24) is 24.7 Å². The van der Waals surface area contributed by atoms with Gasteiger partial charge in [-0.15, -0.1) is 10.2 Å². The first-order valence-corrected chi connectivity index (χ1v) is 12.5. The van der Waals surface area contributed by atoms with Gasteiger partial charge in [0.25, 0.3) is 0 Å². The highest BCUT2D eigenvalue weighted by Gasteiger charge is 2.30. The van der Waals surface area contributed by atoms with E-state index in [0.29, 0.717) is 43.6 Å². The number of nitrogens with zero attached hydrogens (tertiary/aromatic N) is 6. The smallest absolute Gasteiger partial charge is 0.228 e. The van der Waals surface area contributed by atoms with Crippen LogP contribution in [-0.4, -0.2) is 60.5 Å². The largest absolute Gasteiger partial charge is 0.381 e. The molecule has 0 spiro atoms. The molecule has 0 saturated carbocycles. The maximum Gasteiger partial charge on any atom is 0.228 e. The first-order valence-electron chi connectivity index (χ1n) is 11.2. The Labute approximate surface area is 192 Å². The van der Waals surface area contributed by atoms with Crippen molar-refractivity contribution in [2.24, 2.45) is 0 Å². The minimum absolute atomic E-state index is 0.255. The van der Waals surface area contributed by atoms with Crippen LogP contribution in [-0.2, 0) is 35.0 Å². The molecule has 1 atom stereocenters. The van der Waals surface area contributed by atoms with Gasteiger partial charge in [0.1, 0.15) is 16.5 Å². The summed E-state index contributed by atoms with van der Waals surface area (Å²) in [5, 5.41) is 12.2. The zero-order valence-corrected chi connectivity index (χ0v) is 18.9. The van der Waals surface area contributed by atoms with Crippen molar-refractivity contribution in [3.05, 3.63) is 41.6 Å². The Balaban J connectivity index is 1.29. The number of halogens is 1. The fraction of sp³-hybridized carbons (Fsp3) is 0.455. The van der Waals surface area contributed by atoms with Gasteiger partial charge in [-0.2, -0.15) is 4.98 Å². The van der Waals surface area contributed by atoms with E-state index in [-0.39, 0.29) is 11.9 Å². The van der Waals surface area contributed by atoms with Crippen LogP contribution in [0.3, 0.4) is 0 Å². The molecule has 6 rings (SSSR count). The molecule has 3 aliphatic rings. The van der Waals surface area contributed by atoms with Crippen LogP contribution in [0.1, 0.15) is 24.4 Å². The van der Waals surface area contributed by atoms with Crippen molar-refractivity contribution in [3.63, 3.8) is 0 Å². The van der Waals surface area contributed by atoms with Crippen LogP contribution in [0, 0.1) is 5.82 Å². The molecule has 1 fully saturated rings. The summed E-state index contributed by atoms with van der Waals surface area (Å²) in [5.41, 5.74) is 1.70. The van der Waals surface area contributed by atoms with Crippen LogP contribution in [0.5, 0.6) is 0 Å². The highest BCUT2D eigenvalue weighted by Crippen LogP contribution is 2.32. The number of ether oxygens (including phenoxy) is 1.